The summed E-state index contributed by atoms with van der Waals surface area (Å²) >= 11 is 0. The fraction of sp³-hybridized carbons (Fsp3) is 1.00. The first-order valence-electron chi connectivity index (χ1n) is 9.03. The quantitative estimate of drug-likeness (QED) is 0.852. The molecule has 1 saturated carbocycles. The largest absolute Gasteiger partial charge is 0.313 e. The molecule has 116 valence electrons. The molecule has 2 saturated heterocycles. The molecule has 0 aromatic rings. The second-order valence-corrected chi connectivity index (χ2v) is 7.15. The van der Waals surface area contributed by atoms with Crippen molar-refractivity contribution in [3.63, 3.8) is 0 Å². The van der Waals surface area contributed by atoms with E-state index in [-0.39, 0.29) is 0 Å². The van der Waals surface area contributed by atoms with E-state index in [4.69, 9.17) is 0 Å². The van der Waals surface area contributed by atoms with Crippen molar-refractivity contribution in [2.24, 2.45) is 5.92 Å². The third-order valence-electron chi connectivity index (χ3n) is 6.06. The van der Waals surface area contributed by atoms with Gasteiger partial charge in [-0.25, -0.2) is 0 Å². The lowest BCUT2D eigenvalue weighted by atomic mass is 9.80. The van der Waals surface area contributed by atoms with Crippen LogP contribution in [0, 0.1) is 5.92 Å². The van der Waals surface area contributed by atoms with Crippen LogP contribution in [0.3, 0.4) is 0 Å². The average molecular weight is 279 g/mol. The molecule has 3 rings (SSSR count). The summed E-state index contributed by atoms with van der Waals surface area (Å²) in [6.07, 6.45) is 8.50. The van der Waals surface area contributed by atoms with Gasteiger partial charge in [-0.1, -0.05) is 20.3 Å². The van der Waals surface area contributed by atoms with Gasteiger partial charge >= 0.3 is 0 Å². The van der Waals surface area contributed by atoms with Crippen LogP contribution in [0.4, 0.5) is 0 Å². The summed E-state index contributed by atoms with van der Waals surface area (Å²) in [6.45, 7) is 11.1. The van der Waals surface area contributed by atoms with E-state index < -0.39 is 0 Å². The normalized spacial score (nSPS) is 39.9. The molecule has 0 amide bonds. The van der Waals surface area contributed by atoms with Crippen LogP contribution in [0.1, 0.15) is 52.4 Å². The Morgan fingerprint density at radius 1 is 1.00 bits per heavy atom. The molecule has 0 spiro atoms. The van der Waals surface area contributed by atoms with Crippen molar-refractivity contribution in [1.29, 1.82) is 0 Å². The number of nitrogens with one attached hydrogen (secondary N) is 1. The van der Waals surface area contributed by atoms with E-state index in [0.717, 1.165) is 30.6 Å². The van der Waals surface area contributed by atoms with E-state index in [1.165, 1.54) is 64.7 Å². The Labute approximate surface area is 125 Å². The van der Waals surface area contributed by atoms with Crippen molar-refractivity contribution in [3.8, 4) is 0 Å². The Morgan fingerprint density at radius 2 is 1.85 bits per heavy atom. The predicted octanol–water partition coefficient (Wildman–Crippen LogP) is 2.32. The van der Waals surface area contributed by atoms with E-state index in [1.54, 1.807) is 0 Å². The lowest BCUT2D eigenvalue weighted by Crippen LogP contribution is -2.60. The van der Waals surface area contributed by atoms with Gasteiger partial charge in [0, 0.05) is 37.8 Å². The average Bonchev–Trinajstić information content (AvgIpc) is 2.95. The highest BCUT2D eigenvalue weighted by molar-refractivity contribution is 4.96. The fourth-order valence-corrected chi connectivity index (χ4v) is 4.82. The molecular weight excluding hydrogens is 246 g/mol. The zero-order valence-electron chi connectivity index (χ0n) is 13.5. The summed E-state index contributed by atoms with van der Waals surface area (Å²) in [5, 5.41) is 3.78. The zero-order valence-corrected chi connectivity index (χ0v) is 13.5. The predicted molar refractivity (Wildman–Crippen MR) is 85.1 cm³/mol. The Balaban J connectivity index is 1.64. The van der Waals surface area contributed by atoms with Crippen molar-refractivity contribution in [2.75, 3.05) is 32.7 Å². The third-order valence-corrected chi connectivity index (χ3v) is 6.06. The molecule has 3 nitrogen and oxygen atoms in total. The third kappa shape index (κ3) is 3.05. The Bertz CT molecular complexity index is 307. The minimum atomic E-state index is 0.746. The molecule has 1 N–H and O–H groups in total. The second-order valence-electron chi connectivity index (χ2n) is 7.15. The van der Waals surface area contributed by atoms with Gasteiger partial charge in [-0.2, -0.15) is 0 Å². The number of nitrogens with zero attached hydrogens (tertiary/aromatic N) is 2. The van der Waals surface area contributed by atoms with Gasteiger partial charge in [0.05, 0.1) is 0 Å². The lowest BCUT2D eigenvalue weighted by molar-refractivity contribution is 0.0309. The summed E-state index contributed by atoms with van der Waals surface area (Å²) in [6, 6.07) is 2.42. The van der Waals surface area contributed by atoms with Crippen LogP contribution in [0.15, 0.2) is 0 Å². The molecule has 1 aliphatic carbocycles. The van der Waals surface area contributed by atoms with Crippen molar-refractivity contribution in [2.45, 2.75) is 70.5 Å². The highest BCUT2D eigenvalue weighted by Crippen LogP contribution is 2.32. The molecule has 3 fully saturated rings. The lowest BCUT2D eigenvalue weighted by Gasteiger charge is -2.47. The summed E-state index contributed by atoms with van der Waals surface area (Å²) < 4.78 is 0. The van der Waals surface area contributed by atoms with Crippen molar-refractivity contribution < 1.29 is 0 Å². The SMILES string of the molecule is CCNC1CCC(CC)CC1N1CCN2CCCC2C1. The van der Waals surface area contributed by atoms with Gasteiger partial charge in [0.2, 0.25) is 0 Å². The van der Waals surface area contributed by atoms with E-state index >= 15 is 0 Å². The molecule has 20 heavy (non-hydrogen) atoms. The number of hydrogen-bond acceptors (Lipinski definition) is 3. The Morgan fingerprint density at radius 3 is 2.65 bits per heavy atom. The Hall–Kier alpha value is -0.120. The smallest absolute Gasteiger partial charge is 0.0253 e. The molecule has 4 unspecified atom stereocenters. The maximum Gasteiger partial charge on any atom is 0.0253 e. The molecule has 0 aromatic carbocycles. The molecule has 2 aliphatic heterocycles. The van der Waals surface area contributed by atoms with Gasteiger partial charge in [-0.05, 0) is 51.1 Å². The molecule has 0 aromatic heterocycles. The molecule has 0 bridgehead atoms. The molecule has 0 radical (unpaired) electrons. The number of likely N-dealkylation sites (N-methyl/N-ethyl adjacent to an activating group) is 1. The van der Waals surface area contributed by atoms with Crippen molar-refractivity contribution in [3.05, 3.63) is 0 Å². The van der Waals surface area contributed by atoms with E-state index in [9.17, 15) is 0 Å². The van der Waals surface area contributed by atoms with Crippen LogP contribution in [-0.4, -0.2) is 60.6 Å². The maximum atomic E-state index is 3.78. The van der Waals surface area contributed by atoms with E-state index in [1.807, 2.05) is 0 Å². The van der Waals surface area contributed by atoms with Crippen LogP contribution in [0.25, 0.3) is 0 Å². The first-order chi connectivity index (χ1) is 9.81. The highest BCUT2D eigenvalue weighted by atomic mass is 15.3. The highest BCUT2D eigenvalue weighted by Gasteiger charge is 2.38. The topological polar surface area (TPSA) is 18.5 Å². The van der Waals surface area contributed by atoms with Crippen molar-refractivity contribution >= 4 is 0 Å². The van der Waals surface area contributed by atoms with Gasteiger partial charge in [-0.15, -0.1) is 0 Å². The summed E-state index contributed by atoms with van der Waals surface area (Å²) in [5.41, 5.74) is 0. The Kier molecular flexibility index (Phi) is 5.00. The van der Waals surface area contributed by atoms with E-state index in [0.29, 0.717) is 0 Å². The molecule has 4 atom stereocenters. The number of piperazine rings is 1. The number of hydrogen-bond donors (Lipinski definition) is 1. The number of rotatable bonds is 4. The zero-order chi connectivity index (χ0) is 13.9. The first kappa shape index (κ1) is 14.8. The van der Waals surface area contributed by atoms with Gasteiger partial charge in [-0.3, -0.25) is 9.80 Å². The molecule has 3 aliphatic rings. The summed E-state index contributed by atoms with van der Waals surface area (Å²) in [7, 11) is 0. The standard InChI is InChI=1S/C17H33N3/c1-3-14-7-8-16(18-4-2)17(12-14)20-11-10-19-9-5-6-15(19)13-20/h14-18H,3-13H2,1-2H3. The van der Waals surface area contributed by atoms with Gasteiger partial charge in [0.15, 0.2) is 0 Å². The molecule has 3 heteroatoms. The summed E-state index contributed by atoms with van der Waals surface area (Å²) in [4.78, 5) is 5.58. The van der Waals surface area contributed by atoms with Gasteiger partial charge in [0.1, 0.15) is 0 Å². The van der Waals surface area contributed by atoms with Crippen LogP contribution in [0.2, 0.25) is 0 Å². The molecular formula is C17H33N3. The minimum absolute atomic E-state index is 0.746. The molecule has 2 heterocycles. The van der Waals surface area contributed by atoms with Crippen LogP contribution < -0.4 is 5.32 Å². The first-order valence-corrected chi connectivity index (χ1v) is 9.03. The fourth-order valence-electron chi connectivity index (χ4n) is 4.82. The number of fused-ring (bicyclic) bond motifs is 1. The summed E-state index contributed by atoms with van der Waals surface area (Å²) in [5.74, 6) is 0.969. The monoisotopic (exact) mass is 279 g/mol. The second kappa shape index (κ2) is 6.76. The van der Waals surface area contributed by atoms with Crippen molar-refractivity contribution in [1.82, 2.24) is 15.1 Å². The minimum Gasteiger partial charge on any atom is -0.313 e. The van der Waals surface area contributed by atoms with Crippen LogP contribution in [0.5, 0.6) is 0 Å². The van der Waals surface area contributed by atoms with Crippen LogP contribution in [-0.2, 0) is 0 Å². The maximum absolute atomic E-state index is 3.78. The van der Waals surface area contributed by atoms with Crippen LogP contribution >= 0.6 is 0 Å². The van der Waals surface area contributed by atoms with Gasteiger partial charge < -0.3 is 5.32 Å². The van der Waals surface area contributed by atoms with E-state index in [2.05, 4.69) is 29.0 Å². The van der Waals surface area contributed by atoms with Gasteiger partial charge in [0.25, 0.3) is 0 Å².